The molecule has 1 aromatic rings. The van der Waals surface area contributed by atoms with E-state index in [-0.39, 0.29) is 17.7 Å². The van der Waals surface area contributed by atoms with Crippen LogP contribution in [-0.4, -0.2) is 81.3 Å². The van der Waals surface area contributed by atoms with Crippen molar-refractivity contribution in [3.8, 4) is 17.2 Å². The number of morpholine rings is 1. The molecule has 8 nitrogen and oxygen atoms in total. The minimum absolute atomic E-state index is 0.0941. The number of methoxy groups -OCH3 is 1. The Morgan fingerprint density at radius 1 is 1.07 bits per heavy atom. The summed E-state index contributed by atoms with van der Waals surface area (Å²) in [6.45, 7) is 4.53. The Hall–Kier alpha value is -2.74. The van der Waals surface area contributed by atoms with Gasteiger partial charge in [0.25, 0.3) is 0 Å². The molecule has 0 N–H and O–H groups in total. The number of hydrogen-bond donors (Lipinski definition) is 0. The Balaban J connectivity index is 1.40. The molecule has 3 aliphatic heterocycles. The Labute approximate surface area is 176 Å². The summed E-state index contributed by atoms with van der Waals surface area (Å²) in [7, 11) is 1.57. The van der Waals surface area contributed by atoms with Crippen LogP contribution in [0.2, 0.25) is 0 Å². The fraction of sp³-hybridized carbons (Fsp3) is 0.545. The van der Waals surface area contributed by atoms with E-state index in [0.29, 0.717) is 69.9 Å². The van der Waals surface area contributed by atoms with Gasteiger partial charge in [-0.2, -0.15) is 0 Å². The first-order valence-electron chi connectivity index (χ1n) is 10.5. The van der Waals surface area contributed by atoms with Gasteiger partial charge in [-0.25, -0.2) is 0 Å². The van der Waals surface area contributed by atoms with Gasteiger partial charge in [0, 0.05) is 32.3 Å². The predicted octanol–water partition coefficient (Wildman–Crippen LogP) is 1.58. The lowest BCUT2D eigenvalue weighted by atomic mass is 9.96. The molecule has 4 rings (SSSR count). The van der Waals surface area contributed by atoms with E-state index in [1.54, 1.807) is 24.2 Å². The van der Waals surface area contributed by atoms with Crippen molar-refractivity contribution < 1.29 is 28.5 Å². The van der Waals surface area contributed by atoms with Gasteiger partial charge in [0.05, 0.1) is 26.2 Å². The minimum atomic E-state index is -0.136. The maximum absolute atomic E-state index is 12.8. The van der Waals surface area contributed by atoms with Crippen molar-refractivity contribution in [2.45, 2.75) is 12.8 Å². The number of nitrogens with zero attached hydrogens (tertiary/aromatic N) is 2. The summed E-state index contributed by atoms with van der Waals surface area (Å²) >= 11 is 0. The van der Waals surface area contributed by atoms with Crippen molar-refractivity contribution in [1.82, 2.24) is 9.80 Å². The SMILES string of the molecule is COc1cc(/C=C/C(=O)N2CCCC(C(=O)N3CCOCC3)C2)cc2c1OCCO2. The first kappa shape index (κ1) is 20.5. The van der Waals surface area contributed by atoms with Gasteiger partial charge in [0.15, 0.2) is 11.5 Å². The van der Waals surface area contributed by atoms with Crippen molar-refractivity contribution in [2.75, 3.05) is 59.7 Å². The molecule has 1 atom stereocenters. The van der Waals surface area contributed by atoms with Gasteiger partial charge in [-0.3, -0.25) is 9.59 Å². The highest BCUT2D eigenvalue weighted by Gasteiger charge is 2.31. The molecule has 2 saturated heterocycles. The summed E-state index contributed by atoms with van der Waals surface area (Å²) in [5.41, 5.74) is 0.794. The van der Waals surface area contributed by atoms with E-state index in [9.17, 15) is 9.59 Å². The topological polar surface area (TPSA) is 77.5 Å². The molecule has 2 fully saturated rings. The second-order valence-corrected chi connectivity index (χ2v) is 7.64. The molecule has 0 aliphatic carbocycles. The zero-order chi connectivity index (χ0) is 20.9. The fourth-order valence-electron chi connectivity index (χ4n) is 4.08. The van der Waals surface area contributed by atoms with Crippen molar-refractivity contribution in [1.29, 1.82) is 0 Å². The number of hydrogen-bond acceptors (Lipinski definition) is 6. The molecule has 0 bridgehead atoms. The Morgan fingerprint density at radius 3 is 2.67 bits per heavy atom. The van der Waals surface area contributed by atoms with Crippen LogP contribution in [0.3, 0.4) is 0 Å². The quantitative estimate of drug-likeness (QED) is 0.694. The molecule has 3 heterocycles. The highest BCUT2D eigenvalue weighted by molar-refractivity contribution is 5.92. The molecule has 8 heteroatoms. The molecule has 30 heavy (non-hydrogen) atoms. The van der Waals surface area contributed by atoms with Crippen LogP contribution in [0.1, 0.15) is 18.4 Å². The lowest BCUT2D eigenvalue weighted by molar-refractivity contribution is -0.143. The summed E-state index contributed by atoms with van der Waals surface area (Å²) in [5.74, 6) is 1.69. The molecule has 162 valence electrons. The number of amides is 2. The number of rotatable bonds is 4. The third kappa shape index (κ3) is 4.53. The number of likely N-dealkylation sites (tertiary alicyclic amines) is 1. The molecule has 0 spiro atoms. The second-order valence-electron chi connectivity index (χ2n) is 7.64. The molecule has 2 amide bonds. The molecule has 3 aliphatic rings. The van der Waals surface area contributed by atoms with E-state index in [1.807, 2.05) is 17.0 Å². The van der Waals surface area contributed by atoms with Crippen molar-refractivity contribution in [3.05, 3.63) is 23.8 Å². The average molecular weight is 416 g/mol. The molecule has 0 radical (unpaired) electrons. The molecule has 0 aromatic heterocycles. The van der Waals surface area contributed by atoms with Crippen LogP contribution in [-0.2, 0) is 14.3 Å². The Bertz CT molecular complexity index is 801. The van der Waals surface area contributed by atoms with Gasteiger partial charge in [-0.15, -0.1) is 0 Å². The number of ether oxygens (including phenoxy) is 4. The highest BCUT2D eigenvalue weighted by Crippen LogP contribution is 2.40. The third-order valence-corrected chi connectivity index (χ3v) is 5.67. The minimum Gasteiger partial charge on any atom is -0.493 e. The monoisotopic (exact) mass is 416 g/mol. The van der Waals surface area contributed by atoms with Gasteiger partial charge in [-0.05, 0) is 36.6 Å². The lowest BCUT2D eigenvalue weighted by Gasteiger charge is -2.35. The van der Waals surface area contributed by atoms with Crippen LogP contribution in [0.15, 0.2) is 18.2 Å². The maximum Gasteiger partial charge on any atom is 0.246 e. The summed E-state index contributed by atoms with van der Waals surface area (Å²) in [4.78, 5) is 29.2. The first-order valence-corrected chi connectivity index (χ1v) is 10.5. The third-order valence-electron chi connectivity index (χ3n) is 5.67. The van der Waals surface area contributed by atoms with Gasteiger partial charge < -0.3 is 28.7 Å². The van der Waals surface area contributed by atoms with Gasteiger partial charge in [-0.1, -0.05) is 0 Å². The molecule has 0 saturated carbocycles. The summed E-state index contributed by atoms with van der Waals surface area (Å²) in [6, 6.07) is 3.65. The van der Waals surface area contributed by atoms with Crippen LogP contribution >= 0.6 is 0 Å². The Morgan fingerprint density at radius 2 is 1.87 bits per heavy atom. The van der Waals surface area contributed by atoms with E-state index in [0.717, 1.165) is 18.4 Å². The summed E-state index contributed by atoms with van der Waals surface area (Å²) in [5, 5.41) is 0. The predicted molar refractivity (Wildman–Crippen MR) is 110 cm³/mol. The lowest BCUT2D eigenvalue weighted by Crippen LogP contribution is -2.49. The van der Waals surface area contributed by atoms with Crippen LogP contribution in [0.4, 0.5) is 0 Å². The average Bonchev–Trinajstić information content (AvgIpc) is 2.82. The standard InChI is InChI=1S/C22H28N2O6/c1-27-18-13-16(14-19-21(18)30-12-11-29-19)4-5-20(25)24-6-2-3-17(15-24)22(26)23-7-9-28-10-8-23/h4-5,13-14,17H,2-3,6-12,15H2,1H3/b5-4+. The van der Waals surface area contributed by atoms with E-state index in [2.05, 4.69) is 0 Å². The van der Waals surface area contributed by atoms with Gasteiger partial charge in [0.2, 0.25) is 17.6 Å². The van der Waals surface area contributed by atoms with E-state index >= 15 is 0 Å². The largest absolute Gasteiger partial charge is 0.493 e. The smallest absolute Gasteiger partial charge is 0.246 e. The van der Waals surface area contributed by atoms with E-state index < -0.39 is 0 Å². The van der Waals surface area contributed by atoms with Crippen molar-refractivity contribution in [2.24, 2.45) is 5.92 Å². The molecule has 1 aromatic carbocycles. The van der Waals surface area contributed by atoms with Crippen LogP contribution < -0.4 is 14.2 Å². The van der Waals surface area contributed by atoms with Crippen molar-refractivity contribution >= 4 is 17.9 Å². The van der Waals surface area contributed by atoms with Gasteiger partial charge in [0.1, 0.15) is 13.2 Å². The number of carbonyl (C=O) groups is 2. The highest BCUT2D eigenvalue weighted by atomic mass is 16.6. The normalized spacial score (nSPS) is 21.6. The first-order chi connectivity index (χ1) is 14.7. The molecular formula is C22H28N2O6. The van der Waals surface area contributed by atoms with Crippen LogP contribution in [0, 0.1) is 5.92 Å². The number of benzene rings is 1. The zero-order valence-corrected chi connectivity index (χ0v) is 17.3. The van der Waals surface area contributed by atoms with Crippen LogP contribution in [0.5, 0.6) is 17.2 Å². The fourth-order valence-corrected chi connectivity index (χ4v) is 4.08. The number of piperidine rings is 1. The van der Waals surface area contributed by atoms with E-state index in [1.165, 1.54) is 0 Å². The van der Waals surface area contributed by atoms with Gasteiger partial charge >= 0.3 is 0 Å². The van der Waals surface area contributed by atoms with Crippen LogP contribution in [0.25, 0.3) is 6.08 Å². The summed E-state index contributed by atoms with van der Waals surface area (Å²) < 4.78 is 22.0. The number of fused-ring (bicyclic) bond motifs is 1. The number of carbonyl (C=O) groups excluding carboxylic acids is 2. The zero-order valence-electron chi connectivity index (χ0n) is 17.3. The molecule has 1 unspecified atom stereocenters. The van der Waals surface area contributed by atoms with Crippen molar-refractivity contribution in [3.63, 3.8) is 0 Å². The second kappa shape index (κ2) is 9.38. The van der Waals surface area contributed by atoms with E-state index in [4.69, 9.17) is 18.9 Å². The Kier molecular flexibility index (Phi) is 6.42. The summed E-state index contributed by atoms with van der Waals surface area (Å²) in [6.07, 6.45) is 4.95. The maximum atomic E-state index is 12.8. The molecular weight excluding hydrogens is 388 g/mol.